The lowest BCUT2D eigenvalue weighted by Gasteiger charge is -2.40. The number of benzene rings is 2. The summed E-state index contributed by atoms with van der Waals surface area (Å²) < 4.78 is 12.6. The molecule has 1 aliphatic carbocycles. The van der Waals surface area contributed by atoms with Gasteiger partial charge in [0.1, 0.15) is 6.61 Å². The Morgan fingerprint density at radius 3 is 1.89 bits per heavy atom. The van der Waals surface area contributed by atoms with E-state index in [0.717, 1.165) is 12.8 Å². The molecule has 2 aromatic carbocycles. The highest BCUT2D eigenvalue weighted by molar-refractivity contribution is 6.74. The molecule has 45 heavy (non-hydrogen) atoms. The number of rotatable bonds is 20. The summed E-state index contributed by atoms with van der Waals surface area (Å²) in [6.45, 7) is 13.3. The zero-order valence-corrected chi connectivity index (χ0v) is 30.1. The number of carbonyl (C=O) groups is 1. The molecule has 2 atom stereocenters. The van der Waals surface area contributed by atoms with Gasteiger partial charge < -0.3 is 19.6 Å². The monoisotopic (exact) mass is 635 g/mol. The van der Waals surface area contributed by atoms with Crippen LogP contribution in [0.15, 0.2) is 60.7 Å². The zero-order chi connectivity index (χ0) is 32.7. The van der Waals surface area contributed by atoms with Gasteiger partial charge in [-0.1, -0.05) is 153 Å². The van der Waals surface area contributed by atoms with Crippen molar-refractivity contribution >= 4 is 14.4 Å². The molecule has 6 heteroatoms. The number of amides is 1. The van der Waals surface area contributed by atoms with Gasteiger partial charge in [-0.05, 0) is 53.2 Å². The van der Waals surface area contributed by atoms with Crippen LogP contribution in [-0.4, -0.2) is 44.9 Å². The Balaban J connectivity index is 1.53. The van der Waals surface area contributed by atoms with Gasteiger partial charge >= 0.3 is 6.09 Å². The number of allylic oxidation sites excluding steroid dienone is 1. The van der Waals surface area contributed by atoms with Crippen LogP contribution in [0.3, 0.4) is 0 Å². The van der Waals surface area contributed by atoms with Crippen molar-refractivity contribution in [3.8, 4) is 11.1 Å². The number of fused-ring (bicyclic) bond motifs is 3. The number of aliphatic hydroxyl groups excluding tert-OH is 1. The minimum atomic E-state index is -2.18. The summed E-state index contributed by atoms with van der Waals surface area (Å²) >= 11 is 0. The Morgan fingerprint density at radius 2 is 1.38 bits per heavy atom. The Hall–Kier alpha value is -2.41. The maximum absolute atomic E-state index is 13.1. The number of ether oxygens (including phenoxy) is 1. The van der Waals surface area contributed by atoms with Crippen LogP contribution in [-0.2, 0) is 9.16 Å². The summed E-state index contributed by atoms with van der Waals surface area (Å²) in [5, 5.41) is 13.4. The summed E-state index contributed by atoms with van der Waals surface area (Å²) in [5.74, 6) is -0.0132. The lowest BCUT2D eigenvalue weighted by atomic mass is 9.98. The van der Waals surface area contributed by atoms with E-state index in [0.29, 0.717) is 0 Å². The van der Waals surface area contributed by atoms with Gasteiger partial charge in [0.2, 0.25) is 0 Å². The Morgan fingerprint density at radius 1 is 0.867 bits per heavy atom. The number of hydrogen-bond acceptors (Lipinski definition) is 4. The summed E-state index contributed by atoms with van der Waals surface area (Å²) in [6, 6.07) is 16.0. The van der Waals surface area contributed by atoms with Crippen LogP contribution in [0.1, 0.15) is 122 Å². The van der Waals surface area contributed by atoms with Crippen LogP contribution in [0.2, 0.25) is 18.1 Å². The second-order valence-electron chi connectivity index (χ2n) is 14.4. The molecule has 1 amide bonds. The predicted molar refractivity (Wildman–Crippen MR) is 191 cm³/mol. The molecule has 0 unspecified atom stereocenters. The van der Waals surface area contributed by atoms with Crippen molar-refractivity contribution in [3.63, 3.8) is 0 Å². The van der Waals surface area contributed by atoms with Crippen molar-refractivity contribution < 1.29 is 19.1 Å². The molecule has 250 valence electrons. The van der Waals surface area contributed by atoms with Crippen LogP contribution < -0.4 is 5.32 Å². The first kappa shape index (κ1) is 37.0. The first-order valence-corrected chi connectivity index (χ1v) is 20.6. The van der Waals surface area contributed by atoms with E-state index in [1.54, 1.807) is 0 Å². The predicted octanol–water partition coefficient (Wildman–Crippen LogP) is 10.5. The highest BCUT2D eigenvalue weighted by Gasteiger charge is 2.40. The van der Waals surface area contributed by atoms with Gasteiger partial charge in [-0.2, -0.15) is 0 Å². The highest BCUT2D eigenvalue weighted by Crippen LogP contribution is 2.44. The second-order valence-corrected chi connectivity index (χ2v) is 19.1. The molecular formula is C39H61NO4Si. The molecule has 0 radical (unpaired) electrons. The standard InChI is InChI=1S/C39H61NO4Si/c1-7-8-9-10-11-12-13-14-15-16-17-18-19-28-37(44-45(5,6)39(2,3)4)36(29-41)40-38(42)43-30-35-33-26-22-20-24-31(33)32-25-21-23-27-34(32)35/h19-28,35-37,41H,7-18,29-30H2,1-6H3,(H,40,42)/t36-,37+/m0/s1. The molecule has 0 spiro atoms. The summed E-state index contributed by atoms with van der Waals surface area (Å²) in [5.41, 5.74) is 4.74. The normalized spacial score (nSPS) is 14.7. The molecule has 2 N–H and O–H groups in total. The topological polar surface area (TPSA) is 67.8 Å². The number of nitrogens with one attached hydrogen (secondary N) is 1. The van der Waals surface area contributed by atoms with Crippen LogP contribution in [0.4, 0.5) is 4.79 Å². The Kier molecular flexibility index (Phi) is 15.4. The third-order valence-corrected chi connectivity index (χ3v) is 14.3. The van der Waals surface area contributed by atoms with E-state index in [2.05, 4.69) is 82.5 Å². The average Bonchev–Trinajstić information content (AvgIpc) is 3.33. The number of hydrogen-bond donors (Lipinski definition) is 2. The summed E-state index contributed by atoms with van der Waals surface area (Å²) in [4.78, 5) is 13.1. The first-order valence-electron chi connectivity index (χ1n) is 17.7. The highest BCUT2D eigenvalue weighted by atomic mass is 28.4. The van der Waals surface area contributed by atoms with Gasteiger partial charge in [-0.25, -0.2) is 4.79 Å². The number of carbonyl (C=O) groups excluding carboxylic acids is 1. The van der Waals surface area contributed by atoms with E-state index in [-0.39, 0.29) is 24.2 Å². The summed E-state index contributed by atoms with van der Waals surface area (Å²) in [6.07, 6.45) is 18.8. The zero-order valence-electron chi connectivity index (χ0n) is 29.1. The average molecular weight is 636 g/mol. The molecule has 0 heterocycles. The SMILES string of the molecule is CCCCCCCCCCCCCC=C[C@@H](O[Si](C)(C)C(C)(C)C)[C@H](CO)NC(=O)OCC1c2ccccc2-c2ccccc21. The quantitative estimate of drug-likeness (QED) is 0.0863. The summed E-state index contributed by atoms with van der Waals surface area (Å²) in [7, 11) is -2.18. The maximum Gasteiger partial charge on any atom is 0.407 e. The lowest BCUT2D eigenvalue weighted by Crippen LogP contribution is -2.52. The van der Waals surface area contributed by atoms with Gasteiger partial charge in [-0.3, -0.25) is 0 Å². The third-order valence-electron chi connectivity index (χ3n) is 9.78. The first-order chi connectivity index (χ1) is 21.6. The van der Waals surface area contributed by atoms with E-state index in [9.17, 15) is 9.90 Å². The number of aliphatic hydroxyl groups is 1. The molecule has 0 aliphatic heterocycles. The molecule has 5 nitrogen and oxygen atoms in total. The van der Waals surface area contributed by atoms with Crippen molar-refractivity contribution in [2.75, 3.05) is 13.2 Å². The van der Waals surface area contributed by atoms with Gasteiger partial charge in [0, 0.05) is 5.92 Å². The van der Waals surface area contributed by atoms with Crippen LogP contribution in [0.5, 0.6) is 0 Å². The van der Waals surface area contributed by atoms with Crippen LogP contribution in [0.25, 0.3) is 11.1 Å². The number of alkyl carbamates (subject to hydrolysis) is 1. The minimum absolute atomic E-state index is 0.00113. The van der Waals surface area contributed by atoms with E-state index >= 15 is 0 Å². The van der Waals surface area contributed by atoms with Crippen molar-refractivity contribution in [3.05, 3.63) is 71.8 Å². The van der Waals surface area contributed by atoms with E-state index in [1.807, 2.05) is 24.3 Å². The Bertz CT molecular complexity index is 1140. The molecule has 2 aromatic rings. The van der Waals surface area contributed by atoms with Gasteiger partial charge in [0.25, 0.3) is 0 Å². The van der Waals surface area contributed by atoms with Crippen molar-refractivity contribution in [1.29, 1.82) is 0 Å². The lowest BCUT2D eigenvalue weighted by molar-refractivity contribution is 0.102. The maximum atomic E-state index is 13.1. The fourth-order valence-corrected chi connectivity index (χ4v) is 7.23. The van der Waals surface area contributed by atoms with Gasteiger partial charge in [0.05, 0.1) is 18.8 Å². The Labute approximate surface area is 275 Å². The van der Waals surface area contributed by atoms with Crippen molar-refractivity contribution in [2.24, 2.45) is 0 Å². The molecule has 1 aliphatic rings. The molecule has 0 fully saturated rings. The van der Waals surface area contributed by atoms with Crippen LogP contribution in [0, 0.1) is 0 Å². The van der Waals surface area contributed by atoms with E-state index in [1.165, 1.54) is 86.5 Å². The molecule has 0 aromatic heterocycles. The smallest absolute Gasteiger partial charge is 0.407 e. The van der Waals surface area contributed by atoms with Crippen LogP contribution >= 0.6 is 0 Å². The van der Waals surface area contributed by atoms with Crippen molar-refractivity contribution in [1.82, 2.24) is 5.32 Å². The fraction of sp³-hybridized carbons (Fsp3) is 0.615. The van der Waals surface area contributed by atoms with Gasteiger partial charge in [-0.15, -0.1) is 0 Å². The molecule has 0 bridgehead atoms. The van der Waals surface area contributed by atoms with E-state index in [4.69, 9.17) is 9.16 Å². The number of unbranched alkanes of at least 4 members (excludes halogenated alkanes) is 11. The molecule has 0 saturated carbocycles. The minimum Gasteiger partial charge on any atom is -0.449 e. The molecule has 0 saturated heterocycles. The van der Waals surface area contributed by atoms with Crippen molar-refractivity contribution in [2.45, 2.75) is 141 Å². The largest absolute Gasteiger partial charge is 0.449 e. The second kappa shape index (κ2) is 18.7. The molecular weight excluding hydrogens is 575 g/mol. The third kappa shape index (κ3) is 11.4. The van der Waals surface area contributed by atoms with E-state index < -0.39 is 26.6 Å². The molecule has 3 rings (SSSR count). The van der Waals surface area contributed by atoms with Gasteiger partial charge in [0.15, 0.2) is 8.32 Å². The fourth-order valence-electron chi connectivity index (χ4n) is 5.95.